The summed E-state index contributed by atoms with van der Waals surface area (Å²) in [7, 11) is 0. The number of nitrogens with one attached hydrogen (secondary N) is 1. The number of rotatable bonds is 5. The molecule has 0 saturated carbocycles. The number of nitrogens with zero attached hydrogens (tertiary/aromatic N) is 4. The molecule has 6 nitrogen and oxygen atoms in total. The van der Waals surface area contributed by atoms with Crippen LogP contribution in [0.15, 0.2) is 30.3 Å². The number of hydrogen-bond donors (Lipinski definition) is 1. The van der Waals surface area contributed by atoms with Gasteiger partial charge in [0.25, 0.3) is 5.91 Å². The number of anilines is 1. The molecule has 0 radical (unpaired) electrons. The first-order valence-corrected chi connectivity index (χ1v) is 9.22. The van der Waals surface area contributed by atoms with Gasteiger partial charge in [-0.1, -0.05) is 36.8 Å². The van der Waals surface area contributed by atoms with Gasteiger partial charge >= 0.3 is 0 Å². The molecule has 1 aromatic carbocycles. The largest absolute Gasteiger partial charge is 0.350 e. The fourth-order valence-corrected chi connectivity index (χ4v) is 3.07. The van der Waals surface area contributed by atoms with E-state index in [2.05, 4.69) is 58.3 Å². The van der Waals surface area contributed by atoms with Gasteiger partial charge in [0.2, 0.25) is 5.95 Å². The maximum atomic E-state index is 12.8. The molecule has 1 saturated heterocycles. The summed E-state index contributed by atoms with van der Waals surface area (Å²) in [5, 5.41) is 3.23. The summed E-state index contributed by atoms with van der Waals surface area (Å²) in [4.78, 5) is 25.9. The van der Waals surface area contributed by atoms with Crippen LogP contribution in [0.3, 0.4) is 0 Å². The molecule has 2 heterocycles. The average Bonchev–Trinajstić information content (AvgIpc) is 2.66. The van der Waals surface area contributed by atoms with Gasteiger partial charge in [0.15, 0.2) is 0 Å². The first kappa shape index (κ1) is 18.3. The van der Waals surface area contributed by atoms with E-state index in [-0.39, 0.29) is 5.91 Å². The van der Waals surface area contributed by atoms with Crippen molar-refractivity contribution in [2.24, 2.45) is 0 Å². The molecule has 138 valence electrons. The molecule has 26 heavy (non-hydrogen) atoms. The Hall–Kier alpha value is -2.47. The van der Waals surface area contributed by atoms with Crippen molar-refractivity contribution >= 4 is 11.9 Å². The maximum absolute atomic E-state index is 12.8. The summed E-state index contributed by atoms with van der Waals surface area (Å²) in [6.45, 7) is 11.1. The third kappa shape index (κ3) is 4.58. The van der Waals surface area contributed by atoms with Crippen LogP contribution in [0.5, 0.6) is 0 Å². The van der Waals surface area contributed by atoms with Gasteiger partial charge in [-0.05, 0) is 32.0 Å². The van der Waals surface area contributed by atoms with Gasteiger partial charge in [0.1, 0.15) is 5.69 Å². The summed E-state index contributed by atoms with van der Waals surface area (Å²) in [5.74, 6) is 0.491. The van der Waals surface area contributed by atoms with E-state index in [0.717, 1.165) is 44.0 Å². The highest BCUT2D eigenvalue weighted by atomic mass is 16.2. The second-order valence-corrected chi connectivity index (χ2v) is 6.78. The van der Waals surface area contributed by atoms with Gasteiger partial charge in [-0.3, -0.25) is 4.79 Å². The molecule has 1 aliphatic heterocycles. The molecule has 0 aliphatic carbocycles. The molecule has 0 bridgehead atoms. The van der Waals surface area contributed by atoms with E-state index >= 15 is 0 Å². The van der Waals surface area contributed by atoms with Crippen molar-refractivity contribution in [3.8, 4) is 0 Å². The predicted molar refractivity (Wildman–Crippen MR) is 103 cm³/mol. The average molecular weight is 353 g/mol. The third-order valence-corrected chi connectivity index (χ3v) is 4.75. The maximum Gasteiger partial charge on any atom is 0.272 e. The van der Waals surface area contributed by atoms with Crippen molar-refractivity contribution in [3.05, 3.63) is 52.8 Å². The van der Waals surface area contributed by atoms with Crippen LogP contribution in [-0.4, -0.2) is 58.4 Å². The molecule has 1 aromatic heterocycles. The van der Waals surface area contributed by atoms with Crippen LogP contribution in [0, 0.1) is 13.8 Å². The van der Waals surface area contributed by atoms with Gasteiger partial charge in [0.05, 0.1) is 0 Å². The van der Waals surface area contributed by atoms with Gasteiger partial charge in [-0.2, -0.15) is 0 Å². The lowest BCUT2D eigenvalue weighted by atomic mass is 10.1. The zero-order valence-electron chi connectivity index (χ0n) is 15.8. The lowest BCUT2D eigenvalue weighted by Gasteiger charge is -2.33. The van der Waals surface area contributed by atoms with E-state index < -0.39 is 0 Å². The molecule has 1 amide bonds. The van der Waals surface area contributed by atoms with Crippen molar-refractivity contribution in [2.45, 2.75) is 27.3 Å². The number of piperazine rings is 1. The number of hydrogen-bond acceptors (Lipinski definition) is 5. The van der Waals surface area contributed by atoms with Crippen molar-refractivity contribution in [2.75, 3.05) is 38.0 Å². The Balaban J connectivity index is 1.67. The molecule has 1 aliphatic rings. The van der Waals surface area contributed by atoms with Crippen LogP contribution >= 0.6 is 0 Å². The second kappa shape index (κ2) is 8.27. The molecule has 3 rings (SSSR count). The van der Waals surface area contributed by atoms with Gasteiger partial charge in [-0.15, -0.1) is 0 Å². The van der Waals surface area contributed by atoms with Crippen molar-refractivity contribution in [1.82, 2.24) is 19.8 Å². The Morgan fingerprint density at radius 2 is 1.77 bits per heavy atom. The molecule has 0 unspecified atom stereocenters. The van der Waals surface area contributed by atoms with E-state index in [9.17, 15) is 4.79 Å². The van der Waals surface area contributed by atoms with Crippen LogP contribution in [0.4, 0.5) is 5.95 Å². The molecule has 0 atom stereocenters. The number of amides is 1. The van der Waals surface area contributed by atoms with Crippen LogP contribution in [0.1, 0.15) is 34.2 Å². The van der Waals surface area contributed by atoms with Gasteiger partial charge < -0.3 is 15.1 Å². The lowest BCUT2D eigenvalue weighted by molar-refractivity contribution is 0.0637. The molecular weight excluding hydrogens is 326 g/mol. The quantitative estimate of drug-likeness (QED) is 0.895. The summed E-state index contributed by atoms with van der Waals surface area (Å²) in [5.41, 5.74) is 3.65. The van der Waals surface area contributed by atoms with Crippen LogP contribution < -0.4 is 5.32 Å². The number of carbonyl (C=O) groups excluding carboxylic acids is 1. The number of aromatic nitrogens is 2. The SMILES string of the molecule is CCN1CCN(C(=O)c2cc(C)nc(NCc3ccc(C)cc3)n2)CC1. The van der Waals surface area contributed by atoms with Crippen LogP contribution in [-0.2, 0) is 6.54 Å². The minimum absolute atomic E-state index is 0.00959. The zero-order valence-corrected chi connectivity index (χ0v) is 15.8. The van der Waals surface area contributed by atoms with E-state index in [1.807, 2.05) is 11.8 Å². The van der Waals surface area contributed by atoms with Crippen LogP contribution in [0.2, 0.25) is 0 Å². The monoisotopic (exact) mass is 353 g/mol. The summed E-state index contributed by atoms with van der Waals surface area (Å²) >= 11 is 0. The molecule has 6 heteroatoms. The smallest absolute Gasteiger partial charge is 0.272 e. The summed E-state index contributed by atoms with van der Waals surface area (Å²) in [6, 6.07) is 10.1. The standard InChI is InChI=1S/C20H27N5O/c1-4-24-9-11-25(12-10-24)19(26)18-13-16(3)22-20(23-18)21-14-17-7-5-15(2)6-8-17/h5-8,13H,4,9-12,14H2,1-3H3,(H,21,22,23). The molecule has 1 N–H and O–H groups in total. The molecule has 0 spiro atoms. The summed E-state index contributed by atoms with van der Waals surface area (Å²) in [6.07, 6.45) is 0. The fraction of sp³-hybridized carbons (Fsp3) is 0.450. The first-order valence-electron chi connectivity index (χ1n) is 9.22. The third-order valence-electron chi connectivity index (χ3n) is 4.75. The highest BCUT2D eigenvalue weighted by Gasteiger charge is 2.23. The Morgan fingerprint density at radius 1 is 1.08 bits per heavy atom. The Morgan fingerprint density at radius 3 is 2.42 bits per heavy atom. The molecule has 1 fully saturated rings. The number of likely N-dealkylation sites (N-methyl/N-ethyl adjacent to an activating group) is 1. The first-order chi connectivity index (χ1) is 12.5. The van der Waals surface area contributed by atoms with Crippen LogP contribution in [0.25, 0.3) is 0 Å². The fourth-order valence-electron chi connectivity index (χ4n) is 3.07. The normalized spacial score (nSPS) is 15.1. The minimum atomic E-state index is -0.00959. The molecule has 2 aromatic rings. The number of aryl methyl sites for hydroxylation is 2. The van der Waals surface area contributed by atoms with E-state index in [4.69, 9.17) is 0 Å². The summed E-state index contributed by atoms with van der Waals surface area (Å²) < 4.78 is 0. The minimum Gasteiger partial charge on any atom is -0.350 e. The number of benzene rings is 1. The molecular formula is C20H27N5O. The highest BCUT2D eigenvalue weighted by molar-refractivity contribution is 5.92. The lowest BCUT2D eigenvalue weighted by Crippen LogP contribution is -2.48. The van der Waals surface area contributed by atoms with Crippen molar-refractivity contribution < 1.29 is 4.79 Å². The van der Waals surface area contributed by atoms with E-state index in [1.165, 1.54) is 5.56 Å². The predicted octanol–water partition coefficient (Wildman–Crippen LogP) is 2.48. The second-order valence-electron chi connectivity index (χ2n) is 6.78. The van der Waals surface area contributed by atoms with Crippen molar-refractivity contribution in [1.29, 1.82) is 0 Å². The van der Waals surface area contributed by atoms with Gasteiger partial charge in [0, 0.05) is 38.4 Å². The Kier molecular flexibility index (Phi) is 5.83. The number of carbonyl (C=O) groups is 1. The Labute approximate surface area is 155 Å². The topological polar surface area (TPSA) is 61.4 Å². The highest BCUT2D eigenvalue weighted by Crippen LogP contribution is 2.12. The van der Waals surface area contributed by atoms with E-state index in [1.54, 1.807) is 6.07 Å². The van der Waals surface area contributed by atoms with Gasteiger partial charge in [-0.25, -0.2) is 9.97 Å². The van der Waals surface area contributed by atoms with E-state index in [0.29, 0.717) is 18.2 Å². The van der Waals surface area contributed by atoms with Crippen molar-refractivity contribution in [3.63, 3.8) is 0 Å². The zero-order chi connectivity index (χ0) is 18.5. The Bertz CT molecular complexity index is 751.